The normalized spacial score (nSPS) is 15.7. The van der Waals surface area contributed by atoms with E-state index >= 15 is 0 Å². The molecule has 156 valence electrons. The number of hydrogen-bond donors (Lipinski definition) is 2. The van der Waals surface area contributed by atoms with Gasteiger partial charge in [-0.25, -0.2) is 9.59 Å². The van der Waals surface area contributed by atoms with Crippen LogP contribution in [0.4, 0.5) is 0 Å². The zero-order valence-electron chi connectivity index (χ0n) is 16.8. The Morgan fingerprint density at radius 1 is 1.23 bits per heavy atom. The van der Waals surface area contributed by atoms with E-state index < -0.39 is 11.2 Å². The molecule has 2 aromatic heterocycles. The first-order valence-corrected chi connectivity index (χ1v) is 9.78. The summed E-state index contributed by atoms with van der Waals surface area (Å²) in [5, 5.41) is 2.91. The number of para-hydroxylation sites is 1. The summed E-state index contributed by atoms with van der Waals surface area (Å²) in [5.74, 6) is -0.112. The van der Waals surface area contributed by atoms with Gasteiger partial charge in [-0.1, -0.05) is 24.3 Å². The lowest BCUT2D eigenvalue weighted by molar-refractivity contribution is -0.119. The number of imidazole rings is 1. The molecule has 0 saturated heterocycles. The fourth-order valence-electron chi connectivity index (χ4n) is 4.02. The SMILES string of the molecule is CC(=O)NC1Cc2cccc3c2n(c(=O)n3C/C=C\Cn2cc(C)c(=O)[nH]c2=O)C1. The highest BCUT2D eigenvalue weighted by Gasteiger charge is 2.25. The minimum Gasteiger partial charge on any atom is -0.351 e. The molecule has 4 rings (SSSR count). The summed E-state index contributed by atoms with van der Waals surface area (Å²) >= 11 is 0. The molecular weight excluding hydrogens is 386 g/mol. The molecule has 1 amide bonds. The second-order valence-corrected chi connectivity index (χ2v) is 7.59. The number of aryl methyl sites for hydroxylation is 1. The van der Waals surface area contributed by atoms with Gasteiger partial charge < -0.3 is 5.32 Å². The lowest BCUT2D eigenvalue weighted by Gasteiger charge is -2.24. The van der Waals surface area contributed by atoms with Crippen LogP contribution >= 0.6 is 0 Å². The molecule has 0 spiro atoms. The van der Waals surface area contributed by atoms with Gasteiger partial charge in [0, 0.05) is 38.3 Å². The lowest BCUT2D eigenvalue weighted by Crippen LogP contribution is -2.42. The summed E-state index contributed by atoms with van der Waals surface area (Å²) in [5.41, 5.74) is 2.26. The summed E-state index contributed by atoms with van der Waals surface area (Å²) in [7, 11) is 0. The highest BCUT2D eigenvalue weighted by atomic mass is 16.2. The van der Waals surface area contributed by atoms with Crippen LogP contribution in [0.5, 0.6) is 0 Å². The Kier molecular flexibility index (Phi) is 5.03. The van der Waals surface area contributed by atoms with Crippen LogP contribution in [0.3, 0.4) is 0 Å². The minimum atomic E-state index is -0.469. The summed E-state index contributed by atoms with van der Waals surface area (Å²) in [6.07, 6.45) is 5.82. The quantitative estimate of drug-likeness (QED) is 0.590. The van der Waals surface area contributed by atoms with E-state index in [-0.39, 0.29) is 17.6 Å². The maximum Gasteiger partial charge on any atom is 0.329 e. The number of benzene rings is 1. The number of carbonyl (C=O) groups excluding carboxylic acids is 1. The highest BCUT2D eigenvalue weighted by Crippen LogP contribution is 2.24. The van der Waals surface area contributed by atoms with Gasteiger partial charge in [0.15, 0.2) is 0 Å². The Morgan fingerprint density at radius 3 is 2.77 bits per heavy atom. The third-order valence-electron chi connectivity index (χ3n) is 5.34. The van der Waals surface area contributed by atoms with Crippen LogP contribution < -0.4 is 22.3 Å². The van der Waals surface area contributed by atoms with Crippen LogP contribution in [0.2, 0.25) is 0 Å². The number of allylic oxidation sites excluding steroid dienone is 2. The average Bonchev–Trinajstić information content (AvgIpc) is 2.95. The Hall–Kier alpha value is -3.62. The second kappa shape index (κ2) is 7.66. The summed E-state index contributed by atoms with van der Waals surface area (Å²) < 4.78 is 4.81. The molecule has 3 aromatic rings. The van der Waals surface area contributed by atoms with E-state index in [1.54, 1.807) is 22.1 Å². The van der Waals surface area contributed by atoms with E-state index in [2.05, 4.69) is 10.3 Å². The van der Waals surface area contributed by atoms with Crippen molar-refractivity contribution in [1.82, 2.24) is 24.0 Å². The van der Waals surface area contributed by atoms with Crippen molar-refractivity contribution in [3.63, 3.8) is 0 Å². The molecule has 0 radical (unpaired) electrons. The highest BCUT2D eigenvalue weighted by molar-refractivity contribution is 5.81. The Labute approximate surface area is 171 Å². The third kappa shape index (κ3) is 3.54. The topological polar surface area (TPSA) is 111 Å². The van der Waals surface area contributed by atoms with Crippen molar-refractivity contribution in [1.29, 1.82) is 0 Å². The van der Waals surface area contributed by atoms with Crippen molar-refractivity contribution in [2.75, 3.05) is 0 Å². The van der Waals surface area contributed by atoms with Crippen LogP contribution in [-0.2, 0) is 30.8 Å². The van der Waals surface area contributed by atoms with Crippen molar-refractivity contribution in [3.8, 4) is 0 Å². The zero-order valence-corrected chi connectivity index (χ0v) is 16.8. The van der Waals surface area contributed by atoms with E-state index in [1.165, 1.54) is 17.7 Å². The van der Waals surface area contributed by atoms with E-state index in [4.69, 9.17) is 0 Å². The van der Waals surface area contributed by atoms with Crippen molar-refractivity contribution in [3.05, 3.63) is 79.0 Å². The van der Waals surface area contributed by atoms with Gasteiger partial charge in [-0.3, -0.25) is 28.3 Å². The number of aromatic amines is 1. The van der Waals surface area contributed by atoms with Gasteiger partial charge in [-0.15, -0.1) is 0 Å². The largest absolute Gasteiger partial charge is 0.351 e. The zero-order chi connectivity index (χ0) is 21.4. The van der Waals surface area contributed by atoms with Crippen molar-refractivity contribution in [2.24, 2.45) is 0 Å². The average molecular weight is 409 g/mol. The van der Waals surface area contributed by atoms with Gasteiger partial charge in [0.1, 0.15) is 0 Å². The van der Waals surface area contributed by atoms with E-state index in [1.807, 2.05) is 24.3 Å². The molecule has 2 N–H and O–H groups in total. The van der Waals surface area contributed by atoms with Gasteiger partial charge in [-0.2, -0.15) is 0 Å². The molecule has 1 atom stereocenters. The molecule has 0 saturated carbocycles. The first-order chi connectivity index (χ1) is 14.3. The predicted molar refractivity (Wildman–Crippen MR) is 113 cm³/mol. The fraction of sp³-hybridized carbons (Fsp3) is 0.333. The smallest absolute Gasteiger partial charge is 0.329 e. The van der Waals surface area contributed by atoms with Gasteiger partial charge in [-0.05, 0) is 25.0 Å². The van der Waals surface area contributed by atoms with Crippen LogP contribution in [0, 0.1) is 6.92 Å². The Balaban J connectivity index is 1.60. The molecule has 1 unspecified atom stereocenters. The monoisotopic (exact) mass is 409 g/mol. The van der Waals surface area contributed by atoms with Crippen molar-refractivity contribution >= 4 is 16.9 Å². The van der Waals surface area contributed by atoms with Gasteiger partial charge >= 0.3 is 11.4 Å². The van der Waals surface area contributed by atoms with E-state index in [0.717, 1.165) is 16.6 Å². The summed E-state index contributed by atoms with van der Waals surface area (Å²) in [6.45, 7) is 4.20. The maximum atomic E-state index is 13.0. The van der Waals surface area contributed by atoms with Crippen LogP contribution in [0.25, 0.3) is 11.0 Å². The van der Waals surface area contributed by atoms with Crippen LogP contribution in [-0.4, -0.2) is 30.6 Å². The lowest BCUT2D eigenvalue weighted by atomic mass is 10.0. The number of amides is 1. The maximum absolute atomic E-state index is 13.0. The molecule has 9 nitrogen and oxygen atoms in total. The number of nitrogens with one attached hydrogen (secondary N) is 2. The standard InChI is InChI=1S/C21H23N5O4/c1-13-11-24(20(29)23-19(13)28)8-3-4-9-25-17-7-5-6-15-10-16(22-14(2)27)12-26(18(15)17)21(25)30/h3-7,11,16H,8-10,12H2,1-2H3,(H,22,27)(H,23,28,29)/b4-3-. The summed E-state index contributed by atoms with van der Waals surface area (Å²) in [4.78, 5) is 50.1. The van der Waals surface area contributed by atoms with Crippen molar-refractivity contribution in [2.45, 2.75) is 45.9 Å². The van der Waals surface area contributed by atoms with Crippen LogP contribution in [0.1, 0.15) is 18.1 Å². The third-order valence-corrected chi connectivity index (χ3v) is 5.34. The first kappa shape index (κ1) is 19.7. The van der Waals surface area contributed by atoms with Gasteiger partial charge in [0.25, 0.3) is 5.56 Å². The van der Waals surface area contributed by atoms with E-state index in [0.29, 0.717) is 31.6 Å². The van der Waals surface area contributed by atoms with Crippen LogP contribution in [0.15, 0.2) is 50.9 Å². The minimum absolute atomic E-state index is 0.111. The van der Waals surface area contributed by atoms with Gasteiger partial charge in [0.2, 0.25) is 5.91 Å². The number of aromatic nitrogens is 4. The molecule has 9 heteroatoms. The molecule has 1 aromatic carbocycles. The first-order valence-electron chi connectivity index (χ1n) is 9.78. The number of hydrogen-bond acceptors (Lipinski definition) is 4. The molecule has 0 bridgehead atoms. The second-order valence-electron chi connectivity index (χ2n) is 7.59. The number of H-pyrrole nitrogens is 1. The Morgan fingerprint density at radius 2 is 2.00 bits per heavy atom. The number of rotatable bonds is 5. The predicted octanol–water partition coefficient (Wildman–Crippen LogP) is 0.279. The fourth-order valence-corrected chi connectivity index (χ4v) is 4.02. The molecule has 30 heavy (non-hydrogen) atoms. The molecule has 1 aliphatic heterocycles. The molecular formula is C21H23N5O4. The Bertz CT molecular complexity index is 1340. The molecule has 0 fully saturated rings. The summed E-state index contributed by atoms with van der Waals surface area (Å²) in [6, 6.07) is 5.71. The number of carbonyl (C=O) groups is 1. The molecule has 3 heterocycles. The number of nitrogens with zero attached hydrogens (tertiary/aromatic N) is 3. The van der Waals surface area contributed by atoms with Crippen molar-refractivity contribution < 1.29 is 4.79 Å². The molecule has 1 aliphatic rings. The van der Waals surface area contributed by atoms with Gasteiger partial charge in [0.05, 0.1) is 17.1 Å². The molecule has 0 aliphatic carbocycles. The van der Waals surface area contributed by atoms with E-state index in [9.17, 15) is 19.2 Å².